The zero-order valence-corrected chi connectivity index (χ0v) is 18.0. The predicted octanol–water partition coefficient (Wildman–Crippen LogP) is 3.52. The monoisotopic (exact) mass is 454 g/mol. The van der Waals surface area contributed by atoms with E-state index < -0.39 is 34.5 Å². The standard InChI is InChI=1S/C25H18N4O5/c1-15-10-12-16(13-11-15)23(30)21-20-22(28(26-21)17-6-3-2-4-7-17)25(32)27(24(20)31)18-8-5-9-19(14-18)29(33)34/h2-14,20,22H,1H3/t20-,22+/m0/s1. The average molecular weight is 454 g/mol. The van der Waals surface area contributed by atoms with Crippen LogP contribution in [-0.2, 0) is 9.59 Å². The molecule has 2 heterocycles. The van der Waals surface area contributed by atoms with Crippen LogP contribution in [0.5, 0.6) is 0 Å². The lowest BCUT2D eigenvalue weighted by Crippen LogP contribution is -2.39. The molecule has 3 aromatic carbocycles. The summed E-state index contributed by atoms with van der Waals surface area (Å²) >= 11 is 0. The quantitative estimate of drug-likeness (QED) is 0.252. The second kappa shape index (κ2) is 8.04. The lowest BCUT2D eigenvalue weighted by atomic mass is 9.92. The van der Waals surface area contributed by atoms with Crippen molar-refractivity contribution in [1.82, 2.24) is 0 Å². The number of Topliss-reactive ketones (excluding diaryl/α,β-unsaturated/α-hetero) is 1. The fourth-order valence-corrected chi connectivity index (χ4v) is 4.25. The van der Waals surface area contributed by atoms with Crippen LogP contribution in [0, 0.1) is 23.0 Å². The summed E-state index contributed by atoms with van der Waals surface area (Å²) < 4.78 is 0. The Morgan fingerprint density at radius 3 is 2.26 bits per heavy atom. The summed E-state index contributed by atoms with van der Waals surface area (Å²) in [6.45, 7) is 1.89. The first-order chi connectivity index (χ1) is 16.4. The molecule has 2 atom stereocenters. The van der Waals surface area contributed by atoms with Crippen LogP contribution >= 0.6 is 0 Å². The van der Waals surface area contributed by atoms with Gasteiger partial charge in [-0.05, 0) is 25.1 Å². The summed E-state index contributed by atoms with van der Waals surface area (Å²) in [5.74, 6) is -2.83. The number of nitro groups is 1. The number of imide groups is 1. The van der Waals surface area contributed by atoms with Crippen molar-refractivity contribution in [3.63, 3.8) is 0 Å². The molecule has 0 saturated carbocycles. The maximum Gasteiger partial charge on any atom is 0.271 e. The van der Waals surface area contributed by atoms with Crippen molar-refractivity contribution in [3.05, 3.63) is 100 Å². The summed E-state index contributed by atoms with van der Waals surface area (Å²) in [5, 5.41) is 17.1. The molecule has 0 aliphatic carbocycles. The number of carbonyl (C=O) groups is 3. The van der Waals surface area contributed by atoms with Gasteiger partial charge in [0.05, 0.1) is 16.3 Å². The molecule has 0 aromatic heterocycles. The Bertz CT molecular complexity index is 1370. The van der Waals surface area contributed by atoms with Gasteiger partial charge >= 0.3 is 0 Å². The highest BCUT2D eigenvalue weighted by molar-refractivity contribution is 6.53. The smallest absolute Gasteiger partial charge is 0.271 e. The summed E-state index contributed by atoms with van der Waals surface area (Å²) in [5.41, 5.74) is 1.66. The van der Waals surface area contributed by atoms with E-state index in [4.69, 9.17) is 0 Å². The number of hydrogen-bond donors (Lipinski definition) is 0. The van der Waals surface area contributed by atoms with Crippen molar-refractivity contribution < 1.29 is 19.3 Å². The molecule has 2 amide bonds. The zero-order valence-electron chi connectivity index (χ0n) is 18.0. The fourth-order valence-electron chi connectivity index (χ4n) is 4.25. The molecule has 0 spiro atoms. The van der Waals surface area contributed by atoms with Gasteiger partial charge in [-0.25, -0.2) is 4.90 Å². The van der Waals surface area contributed by atoms with Gasteiger partial charge in [0.25, 0.3) is 11.6 Å². The zero-order chi connectivity index (χ0) is 24.0. The topological polar surface area (TPSA) is 113 Å². The van der Waals surface area contributed by atoms with Crippen molar-refractivity contribution in [2.24, 2.45) is 11.0 Å². The first-order valence-electron chi connectivity index (χ1n) is 10.5. The lowest BCUT2D eigenvalue weighted by molar-refractivity contribution is -0.384. The highest BCUT2D eigenvalue weighted by Crippen LogP contribution is 2.39. The number of ketones is 1. The number of rotatable bonds is 5. The van der Waals surface area contributed by atoms with Gasteiger partial charge in [-0.15, -0.1) is 0 Å². The number of carbonyl (C=O) groups excluding carboxylic acids is 3. The van der Waals surface area contributed by atoms with Gasteiger partial charge < -0.3 is 0 Å². The second-order valence-corrected chi connectivity index (χ2v) is 8.07. The van der Waals surface area contributed by atoms with Crippen LogP contribution in [-0.4, -0.2) is 34.3 Å². The molecule has 0 unspecified atom stereocenters. The van der Waals surface area contributed by atoms with E-state index in [-0.39, 0.29) is 17.1 Å². The van der Waals surface area contributed by atoms with Crippen molar-refractivity contribution in [1.29, 1.82) is 0 Å². The molecule has 2 aliphatic rings. The molecule has 1 saturated heterocycles. The summed E-state index contributed by atoms with van der Waals surface area (Å²) in [7, 11) is 0. The Kier molecular flexibility index (Phi) is 5.01. The normalized spacial score (nSPS) is 19.3. The Hall–Kier alpha value is -4.66. The number of nitro benzene ring substituents is 1. The Morgan fingerprint density at radius 2 is 1.59 bits per heavy atom. The molecule has 34 heavy (non-hydrogen) atoms. The first kappa shape index (κ1) is 21.2. The van der Waals surface area contributed by atoms with Crippen molar-refractivity contribution in [3.8, 4) is 0 Å². The number of non-ortho nitro benzene ring substituents is 1. The first-order valence-corrected chi connectivity index (χ1v) is 10.5. The third-order valence-electron chi connectivity index (χ3n) is 5.92. The number of nitrogens with zero attached hydrogens (tertiary/aromatic N) is 4. The van der Waals surface area contributed by atoms with Crippen molar-refractivity contribution >= 4 is 40.4 Å². The van der Waals surface area contributed by atoms with Crippen LogP contribution in [0.3, 0.4) is 0 Å². The average Bonchev–Trinajstić information content (AvgIpc) is 3.36. The highest BCUT2D eigenvalue weighted by atomic mass is 16.6. The maximum atomic E-state index is 13.5. The highest BCUT2D eigenvalue weighted by Gasteiger charge is 2.58. The predicted molar refractivity (Wildman–Crippen MR) is 125 cm³/mol. The van der Waals surface area contributed by atoms with Gasteiger partial charge in [-0.3, -0.25) is 29.5 Å². The van der Waals surface area contributed by atoms with E-state index >= 15 is 0 Å². The number of fused-ring (bicyclic) bond motifs is 1. The Morgan fingerprint density at radius 1 is 0.912 bits per heavy atom. The Labute approximate surface area is 194 Å². The summed E-state index contributed by atoms with van der Waals surface area (Å²) in [6, 6.07) is 19.9. The van der Waals surface area contributed by atoms with E-state index in [1.54, 1.807) is 54.6 Å². The number of para-hydroxylation sites is 1. The van der Waals surface area contributed by atoms with Crippen LogP contribution in [0.15, 0.2) is 84.0 Å². The minimum absolute atomic E-state index is 0.0380. The number of anilines is 2. The number of benzene rings is 3. The van der Waals surface area contributed by atoms with Gasteiger partial charge in [0.15, 0.2) is 0 Å². The summed E-state index contributed by atoms with van der Waals surface area (Å²) in [6.07, 6.45) is 0. The van der Waals surface area contributed by atoms with Crippen LogP contribution in [0.4, 0.5) is 17.1 Å². The van der Waals surface area contributed by atoms with Gasteiger partial charge in [0.1, 0.15) is 17.7 Å². The van der Waals surface area contributed by atoms with E-state index in [0.717, 1.165) is 10.5 Å². The number of aryl methyl sites for hydroxylation is 1. The van der Waals surface area contributed by atoms with E-state index in [2.05, 4.69) is 5.10 Å². The molecular formula is C25H18N4O5. The molecule has 168 valence electrons. The maximum absolute atomic E-state index is 13.5. The third-order valence-corrected chi connectivity index (χ3v) is 5.92. The molecule has 3 aromatic rings. The second-order valence-electron chi connectivity index (χ2n) is 8.07. The summed E-state index contributed by atoms with van der Waals surface area (Å²) in [4.78, 5) is 52.0. The molecule has 5 rings (SSSR count). The molecule has 9 nitrogen and oxygen atoms in total. The van der Waals surface area contributed by atoms with E-state index in [1.165, 1.54) is 29.3 Å². The van der Waals surface area contributed by atoms with E-state index in [1.807, 2.05) is 6.92 Å². The number of amides is 2. The van der Waals surface area contributed by atoms with E-state index in [9.17, 15) is 24.5 Å². The molecule has 9 heteroatoms. The molecule has 0 radical (unpaired) electrons. The van der Waals surface area contributed by atoms with Gasteiger partial charge in [-0.1, -0.05) is 54.1 Å². The third kappa shape index (κ3) is 3.34. The lowest BCUT2D eigenvalue weighted by Gasteiger charge is -2.22. The molecule has 0 N–H and O–H groups in total. The van der Waals surface area contributed by atoms with Crippen LogP contribution in [0.2, 0.25) is 0 Å². The Balaban J connectivity index is 1.60. The van der Waals surface area contributed by atoms with Gasteiger partial charge in [0.2, 0.25) is 11.7 Å². The number of hydrogen-bond acceptors (Lipinski definition) is 7. The van der Waals surface area contributed by atoms with Crippen LogP contribution in [0.25, 0.3) is 0 Å². The largest absolute Gasteiger partial charge is 0.287 e. The van der Waals surface area contributed by atoms with Crippen molar-refractivity contribution in [2.75, 3.05) is 9.91 Å². The molecule has 2 aliphatic heterocycles. The van der Waals surface area contributed by atoms with Gasteiger partial charge in [-0.2, -0.15) is 5.10 Å². The molecular weight excluding hydrogens is 436 g/mol. The van der Waals surface area contributed by atoms with Crippen LogP contribution < -0.4 is 9.91 Å². The van der Waals surface area contributed by atoms with Crippen LogP contribution in [0.1, 0.15) is 15.9 Å². The van der Waals surface area contributed by atoms with E-state index in [0.29, 0.717) is 11.3 Å². The fraction of sp³-hybridized carbons (Fsp3) is 0.120. The number of hydrazone groups is 1. The molecule has 0 bridgehead atoms. The van der Waals surface area contributed by atoms with Gasteiger partial charge in [0, 0.05) is 17.7 Å². The molecule has 1 fully saturated rings. The SMILES string of the molecule is Cc1ccc(C(=O)C2=NN(c3ccccc3)[C@H]3C(=O)N(c4cccc([N+](=O)[O-])c4)C(=O)[C@@H]23)cc1. The van der Waals surface area contributed by atoms with Crippen molar-refractivity contribution in [2.45, 2.75) is 13.0 Å². The minimum atomic E-state index is -1.14. The minimum Gasteiger partial charge on any atom is -0.287 e.